The Bertz CT molecular complexity index is 531. The summed E-state index contributed by atoms with van der Waals surface area (Å²) in [4.78, 5) is 11.0. The summed E-state index contributed by atoms with van der Waals surface area (Å²) in [6.45, 7) is 3.86. The first-order chi connectivity index (χ1) is 8.58. The molecule has 6 heteroatoms. The molecule has 0 amide bonds. The number of anilines is 1. The Morgan fingerprint density at radius 1 is 1.33 bits per heavy atom. The lowest BCUT2D eigenvalue weighted by Gasteiger charge is -2.11. The van der Waals surface area contributed by atoms with Crippen molar-refractivity contribution in [3.63, 3.8) is 0 Å². The van der Waals surface area contributed by atoms with Crippen molar-refractivity contribution < 1.29 is 0 Å². The fourth-order valence-corrected chi connectivity index (χ4v) is 1.87. The van der Waals surface area contributed by atoms with Gasteiger partial charge < -0.3 is 10.2 Å². The summed E-state index contributed by atoms with van der Waals surface area (Å²) in [5.41, 5.74) is 0.873. The molecule has 0 aliphatic rings. The highest BCUT2D eigenvalue weighted by molar-refractivity contribution is 5.86. The van der Waals surface area contributed by atoms with E-state index in [1.54, 1.807) is 4.68 Å². The molecule has 0 atom stereocenters. The first-order valence-electron chi connectivity index (χ1n) is 6.13. The lowest BCUT2D eigenvalue weighted by Crippen LogP contribution is -2.16. The Morgan fingerprint density at radius 2 is 2.11 bits per heavy atom. The Kier molecular flexibility index (Phi) is 3.76. The molecule has 0 unspecified atom stereocenters. The van der Waals surface area contributed by atoms with Gasteiger partial charge in [-0.2, -0.15) is 5.10 Å². The van der Waals surface area contributed by atoms with Crippen molar-refractivity contribution in [2.45, 2.75) is 13.3 Å². The number of aromatic nitrogens is 4. The predicted octanol–water partition coefficient (Wildman–Crippen LogP) is 1.04. The number of nitrogens with zero attached hydrogens (tertiary/aromatic N) is 5. The van der Waals surface area contributed by atoms with Gasteiger partial charge in [0.05, 0.1) is 11.6 Å². The van der Waals surface area contributed by atoms with Crippen LogP contribution in [0.2, 0.25) is 0 Å². The fraction of sp³-hybridized carbons (Fsp3) is 0.583. The zero-order valence-corrected chi connectivity index (χ0v) is 11.4. The van der Waals surface area contributed by atoms with E-state index in [1.807, 2.05) is 20.2 Å². The molecule has 0 bridgehead atoms. The lowest BCUT2D eigenvalue weighted by atomic mass is 10.3. The number of nitrogens with one attached hydrogen (secondary N) is 1. The van der Waals surface area contributed by atoms with Crippen LogP contribution in [0.3, 0.4) is 0 Å². The number of rotatable bonds is 5. The van der Waals surface area contributed by atoms with Crippen LogP contribution in [0.15, 0.2) is 6.20 Å². The van der Waals surface area contributed by atoms with E-state index in [0.717, 1.165) is 42.2 Å². The van der Waals surface area contributed by atoms with Gasteiger partial charge in [0.25, 0.3) is 0 Å². The second-order valence-electron chi connectivity index (χ2n) is 4.71. The number of hydrogen-bond acceptors (Lipinski definition) is 5. The molecule has 18 heavy (non-hydrogen) atoms. The maximum absolute atomic E-state index is 4.44. The Balaban J connectivity index is 2.12. The minimum atomic E-state index is 0.765. The Morgan fingerprint density at radius 3 is 2.83 bits per heavy atom. The maximum Gasteiger partial charge on any atom is 0.163 e. The van der Waals surface area contributed by atoms with Crippen LogP contribution in [0.5, 0.6) is 0 Å². The normalized spacial score (nSPS) is 11.4. The Hall–Kier alpha value is -1.69. The van der Waals surface area contributed by atoms with Crippen LogP contribution in [-0.4, -0.2) is 51.8 Å². The topological polar surface area (TPSA) is 58.9 Å². The molecule has 2 rings (SSSR count). The molecule has 0 aliphatic heterocycles. The van der Waals surface area contributed by atoms with Gasteiger partial charge in [0.1, 0.15) is 11.6 Å². The summed E-state index contributed by atoms with van der Waals surface area (Å²) in [7, 11) is 6.05. The molecule has 0 saturated heterocycles. The first kappa shape index (κ1) is 12.8. The van der Waals surface area contributed by atoms with E-state index in [1.165, 1.54) is 0 Å². The molecule has 98 valence electrons. The average Bonchev–Trinajstić information content (AvgIpc) is 2.66. The monoisotopic (exact) mass is 248 g/mol. The van der Waals surface area contributed by atoms with Crippen molar-refractivity contribution in [3.05, 3.63) is 12.0 Å². The van der Waals surface area contributed by atoms with E-state index in [0.29, 0.717) is 0 Å². The van der Waals surface area contributed by atoms with Gasteiger partial charge >= 0.3 is 0 Å². The standard InChI is InChI=1S/C12H20N6/c1-9-15-11(13-6-5-7-17(2)3)10-8-14-18(4)12(10)16-9/h8H,5-7H2,1-4H3,(H,13,15,16). The van der Waals surface area contributed by atoms with Crippen LogP contribution in [-0.2, 0) is 7.05 Å². The number of fused-ring (bicyclic) bond motifs is 1. The summed E-state index contributed by atoms with van der Waals surface area (Å²) in [5.74, 6) is 1.64. The molecule has 1 N–H and O–H groups in total. The highest BCUT2D eigenvalue weighted by Gasteiger charge is 2.08. The largest absolute Gasteiger partial charge is 0.369 e. The van der Waals surface area contributed by atoms with Crippen molar-refractivity contribution in [3.8, 4) is 0 Å². The molecule has 0 radical (unpaired) electrons. The van der Waals surface area contributed by atoms with Crippen LogP contribution in [0.1, 0.15) is 12.2 Å². The van der Waals surface area contributed by atoms with Crippen LogP contribution < -0.4 is 5.32 Å². The average molecular weight is 248 g/mol. The zero-order valence-electron chi connectivity index (χ0n) is 11.4. The predicted molar refractivity (Wildman–Crippen MR) is 72.7 cm³/mol. The number of aryl methyl sites for hydroxylation is 2. The molecule has 2 aromatic heterocycles. The fourth-order valence-electron chi connectivity index (χ4n) is 1.87. The second-order valence-corrected chi connectivity index (χ2v) is 4.71. The maximum atomic E-state index is 4.44. The Labute approximate surface area is 107 Å². The third-order valence-corrected chi connectivity index (χ3v) is 2.78. The van der Waals surface area contributed by atoms with Crippen LogP contribution in [0.4, 0.5) is 5.82 Å². The summed E-state index contributed by atoms with van der Waals surface area (Å²) in [6.07, 6.45) is 2.89. The minimum absolute atomic E-state index is 0.765. The van der Waals surface area contributed by atoms with Gasteiger partial charge in [-0.1, -0.05) is 0 Å². The van der Waals surface area contributed by atoms with Crippen LogP contribution >= 0.6 is 0 Å². The molecule has 0 aliphatic carbocycles. The quantitative estimate of drug-likeness (QED) is 0.801. The minimum Gasteiger partial charge on any atom is -0.369 e. The van der Waals surface area contributed by atoms with Crippen LogP contribution in [0.25, 0.3) is 11.0 Å². The van der Waals surface area contributed by atoms with Gasteiger partial charge in [-0.25, -0.2) is 9.97 Å². The van der Waals surface area contributed by atoms with E-state index in [2.05, 4.69) is 39.4 Å². The third-order valence-electron chi connectivity index (χ3n) is 2.78. The van der Waals surface area contributed by atoms with Gasteiger partial charge in [0, 0.05) is 13.6 Å². The second kappa shape index (κ2) is 5.30. The SMILES string of the molecule is Cc1nc(NCCCN(C)C)c2cnn(C)c2n1. The van der Waals surface area contributed by atoms with E-state index in [-0.39, 0.29) is 0 Å². The van der Waals surface area contributed by atoms with Crippen molar-refractivity contribution >= 4 is 16.9 Å². The zero-order chi connectivity index (χ0) is 13.1. The van der Waals surface area contributed by atoms with Gasteiger partial charge in [0.15, 0.2) is 5.65 Å². The van der Waals surface area contributed by atoms with Crippen LogP contribution in [0, 0.1) is 6.92 Å². The smallest absolute Gasteiger partial charge is 0.163 e. The first-order valence-corrected chi connectivity index (χ1v) is 6.13. The summed E-state index contributed by atoms with van der Waals surface area (Å²) >= 11 is 0. The van der Waals surface area contributed by atoms with Crippen molar-refractivity contribution in [1.82, 2.24) is 24.6 Å². The molecule has 6 nitrogen and oxygen atoms in total. The molecule has 0 saturated carbocycles. The summed E-state index contributed by atoms with van der Waals surface area (Å²) in [5, 5.41) is 8.57. The van der Waals surface area contributed by atoms with Gasteiger partial charge in [-0.05, 0) is 34.0 Å². The van der Waals surface area contributed by atoms with E-state index in [9.17, 15) is 0 Å². The third kappa shape index (κ3) is 2.76. The molecule has 0 aromatic carbocycles. The molecule has 0 fully saturated rings. The van der Waals surface area contributed by atoms with Crippen molar-refractivity contribution in [1.29, 1.82) is 0 Å². The van der Waals surface area contributed by atoms with Gasteiger partial charge in [0.2, 0.25) is 0 Å². The highest BCUT2D eigenvalue weighted by Crippen LogP contribution is 2.18. The molecule has 2 aromatic rings. The van der Waals surface area contributed by atoms with Crippen molar-refractivity contribution in [2.75, 3.05) is 32.5 Å². The van der Waals surface area contributed by atoms with E-state index in [4.69, 9.17) is 0 Å². The van der Waals surface area contributed by atoms with E-state index < -0.39 is 0 Å². The summed E-state index contributed by atoms with van der Waals surface area (Å²) in [6, 6.07) is 0. The van der Waals surface area contributed by atoms with Crippen molar-refractivity contribution in [2.24, 2.45) is 7.05 Å². The molecule has 0 spiro atoms. The van der Waals surface area contributed by atoms with E-state index >= 15 is 0 Å². The van der Waals surface area contributed by atoms with Gasteiger partial charge in [-0.15, -0.1) is 0 Å². The molecule has 2 heterocycles. The molecular weight excluding hydrogens is 228 g/mol. The number of hydrogen-bond donors (Lipinski definition) is 1. The lowest BCUT2D eigenvalue weighted by molar-refractivity contribution is 0.405. The molecular formula is C12H20N6. The summed E-state index contributed by atoms with van der Waals surface area (Å²) < 4.78 is 1.77. The van der Waals surface area contributed by atoms with Gasteiger partial charge in [-0.3, -0.25) is 4.68 Å². The highest BCUT2D eigenvalue weighted by atomic mass is 15.3.